The van der Waals surface area contributed by atoms with Crippen molar-refractivity contribution in [3.8, 4) is 6.07 Å². The molecule has 1 saturated heterocycles. The second-order valence-corrected chi connectivity index (χ2v) is 4.78. The Morgan fingerprint density at radius 3 is 2.80 bits per heavy atom. The van der Waals surface area contributed by atoms with Crippen LogP contribution in [0.5, 0.6) is 0 Å². The molecule has 1 aromatic rings. The van der Waals surface area contributed by atoms with E-state index in [1.165, 1.54) is 6.07 Å². The standard InChI is InChI=1S/C14H15F3N2O/c1-20-9-12-3-2-6-19(12)11-5-4-10(8-18)13(7-11)14(15,16)17/h4-5,7,12H,2-3,6,9H2,1H3/t12-/m1/s1. The third kappa shape index (κ3) is 2.88. The van der Waals surface area contributed by atoms with E-state index >= 15 is 0 Å². The second-order valence-electron chi connectivity index (χ2n) is 4.78. The van der Waals surface area contributed by atoms with Gasteiger partial charge >= 0.3 is 6.18 Å². The maximum Gasteiger partial charge on any atom is 0.417 e. The van der Waals surface area contributed by atoms with Crippen molar-refractivity contribution in [3.63, 3.8) is 0 Å². The smallest absolute Gasteiger partial charge is 0.383 e. The molecule has 3 nitrogen and oxygen atoms in total. The molecular formula is C14H15F3N2O. The van der Waals surface area contributed by atoms with E-state index in [4.69, 9.17) is 10.00 Å². The molecule has 0 radical (unpaired) electrons. The van der Waals surface area contributed by atoms with E-state index in [0.717, 1.165) is 18.9 Å². The summed E-state index contributed by atoms with van der Waals surface area (Å²) in [7, 11) is 1.58. The van der Waals surface area contributed by atoms with E-state index in [-0.39, 0.29) is 11.6 Å². The highest BCUT2D eigenvalue weighted by Crippen LogP contribution is 2.36. The summed E-state index contributed by atoms with van der Waals surface area (Å²) in [6, 6.07) is 5.55. The van der Waals surface area contributed by atoms with Crippen LogP contribution in [-0.4, -0.2) is 26.3 Å². The molecule has 0 unspecified atom stereocenters. The Hall–Kier alpha value is -1.74. The lowest BCUT2D eigenvalue weighted by molar-refractivity contribution is -0.137. The van der Waals surface area contributed by atoms with Gasteiger partial charge in [0, 0.05) is 19.3 Å². The molecule has 0 N–H and O–H groups in total. The fourth-order valence-corrected chi connectivity index (χ4v) is 2.58. The quantitative estimate of drug-likeness (QED) is 0.855. The van der Waals surface area contributed by atoms with Gasteiger partial charge in [0.15, 0.2) is 0 Å². The largest absolute Gasteiger partial charge is 0.417 e. The maximum atomic E-state index is 13.0. The first-order valence-corrected chi connectivity index (χ1v) is 6.34. The number of nitrogens with zero attached hydrogens (tertiary/aromatic N) is 2. The molecular weight excluding hydrogens is 269 g/mol. The van der Waals surface area contributed by atoms with Crippen LogP contribution in [0.3, 0.4) is 0 Å². The molecule has 1 aliphatic heterocycles. The molecule has 1 aliphatic rings. The summed E-state index contributed by atoms with van der Waals surface area (Å²) in [4.78, 5) is 1.92. The normalized spacial score (nSPS) is 19.1. The summed E-state index contributed by atoms with van der Waals surface area (Å²) >= 11 is 0. The Morgan fingerprint density at radius 1 is 1.45 bits per heavy atom. The van der Waals surface area contributed by atoms with Crippen molar-refractivity contribution in [1.29, 1.82) is 5.26 Å². The number of halogens is 3. The lowest BCUT2D eigenvalue weighted by Crippen LogP contribution is -2.33. The third-order valence-electron chi connectivity index (χ3n) is 3.50. The summed E-state index contributed by atoms with van der Waals surface area (Å²) in [5.41, 5.74) is -0.722. The van der Waals surface area contributed by atoms with Gasteiger partial charge in [-0.25, -0.2) is 0 Å². The lowest BCUT2D eigenvalue weighted by atomic mass is 10.1. The molecule has 0 aliphatic carbocycles. The molecule has 2 rings (SSSR count). The van der Waals surface area contributed by atoms with Crippen LogP contribution in [0, 0.1) is 11.3 Å². The molecule has 0 saturated carbocycles. The monoisotopic (exact) mass is 284 g/mol. The number of anilines is 1. The lowest BCUT2D eigenvalue weighted by Gasteiger charge is -2.27. The molecule has 1 aromatic carbocycles. The molecule has 6 heteroatoms. The molecule has 0 bridgehead atoms. The van der Waals surface area contributed by atoms with Gasteiger partial charge in [-0.1, -0.05) is 0 Å². The van der Waals surface area contributed by atoms with Gasteiger partial charge in [-0.2, -0.15) is 18.4 Å². The highest BCUT2D eigenvalue weighted by atomic mass is 19.4. The summed E-state index contributed by atoms with van der Waals surface area (Å²) in [6.45, 7) is 1.19. The highest BCUT2D eigenvalue weighted by molar-refractivity contribution is 5.56. The van der Waals surface area contributed by atoms with Gasteiger partial charge in [0.2, 0.25) is 0 Å². The predicted octanol–water partition coefficient (Wildman–Crippen LogP) is 3.19. The zero-order valence-electron chi connectivity index (χ0n) is 11.1. The van der Waals surface area contributed by atoms with Crippen LogP contribution >= 0.6 is 0 Å². The van der Waals surface area contributed by atoms with Crippen molar-refractivity contribution in [2.75, 3.05) is 25.2 Å². The van der Waals surface area contributed by atoms with E-state index in [1.54, 1.807) is 19.2 Å². The molecule has 0 amide bonds. The van der Waals surface area contributed by atoms with Gasteiger partial charge in [0.25, 0.3) is 0 Å². The fraction of sp³-hybridized carbons (Fsp3) is 0.500. The molecule has 20 heavy (non-hydrogen) atoms. The Bertz CT molecular complexity index is 522. The first-order chi connectivity index (χ1) is 9.47. The number of nitriles is 1. The minimum absolute atomic E-state index is 0.0917. The molecule has 0 spiro atoms. The molecule has 108 valence electrons. The first kappa shape index (κ1) is 14.7. The molecule has 1 fully saturated rings. The Morgan fingerprint density at radius 2 is 2.20 bits per heavy atom. The van der Waals surface area contributed by atoms with Crippen LogP contribution < -0.4 is 4.90 Å². The average Bonchev–Trinajstić information content (AvgIpc) is 2.85. The van der Waals surface area contributed by atoms with E-state index in [2.05, 4.69) is 0 Å². The summed E-state index contributed by atoms with van der Waals surface area (Å²) in [5, 5.41) is 8.79. The van der Waals surface area contributed by atoms with Crippen LogP contribution in [0.2, 0.25) is 0 Å². The van der Waals surface area contributed by atoms with Gasteiger partial charge in [-0.15, -0.1) is 0 Å². The summed E-state index contributed by atoms with van der Waals surface area (Å²) < 4.78 is 44.0. The van der Waals surface area contributed by atoms with Crippen LogP contribution in [0.1, 0.15) is 24.0 Å². The van der Waals surface area contributed by atoms with Crippen LogP contribution in [0.4, 0.5) is 18.9 Å². The number of rotatable bonds is 3. The molecule has 1 atom stereocenters. The minimum Gasteiger partial charge on any atom is -0.383 e. The Labute approximate surface area is 115 Å². The summed E-state index contributed by atoms with van der Waals surface area (Å²) in [5.74, 6) is 0. The van der Waals surface area contributed by atoms with E-state index in [9.17, 15) is 13.2 Å². The van der Waals surface area contributed by atoms with E-state index < -0.39 is 11.7 Å². The van der Waals surface area contributed by atoms with Crippen LogP contribution in [-0.2, 0) is 10.9 Å². The van der Waals surface area contributed by atoms with E-state index in [0.29, 0.717) is 18.8 Å². The van der Waals surface area contributed by atoms with Crippen molar-refractivity contribution in [3.05, 3.63) is 29.3 Å². The Kier molecular flexibility index (Phi) is 4.19. The first-order valence-electron chi connectivity index (χ1n) is 6.34. The molecule has 1 heterocycles. The number of hydrogen-bond acceptors (Lipinski definition) is 3. The molecule has 0 aromatic heterocycles. The van der Waals surface area contributed by atoms with Gasteiger partial charge in [0.05, 0.1) is 29.8 Å². The number of benzene rings is 1. The second kappa shape index (κ2) is 5.71. The maximum absolute atomic E-state index is 13.0. The highest BCUT2D eigenvalue weighted by Gasteiger charge is 2.35. The van der Waals surface area contributed by atoms with Crippen LogP contribution in [0.25, 0.3) is 0 Å². The topological polar surface area (TPSA) is 36.3 Å². The van der Waals surface area contributed by atoms with Gasteiger partial charge in [0.1, 0.15) is 0 Å². The predicted molar refractivity (Wildman–Crippen MR) is 68.4 cm³/mol. The van der Waals surface area contributed by atoms with Crippen molar-refractivity contribution >= 4 is 5.69 Å². The third-order valence-corrected chi connectivity index (χ3v) is 3.50. The SMILES string of the molecule is COC[C@H]1CCCN1c1ccc(C#N)c(C(F)(F)F)c1. The van der Waals surface area contributed by atoms with Gasteiger partial charge < -0.3 is 9.64 Å². The van der Waals surface area contributed by atoms with Crippen molar-refractivity contribution in [2.24, 2.45) is 0 Å². The fourth-order valence-electron chi connectivity index (χ4n) is 2.58. The zero-order valence-corrected chi connectivity index (χ0v) is 11.1. The van der Waals surface area contributed by atoms with Crippen molar-refractivity contribution in [2.45, 2.75) is 25.1 Å². The number of alkyl halides is 3. The van der Waals surface area contributed by atoms with Crippen molar-refractivity contribution < 1.29 is 17.9 Å². The van der Waals surface area contributed by atoms with Crippen molar-refractivity contribution in [1.82, 2.24) is 0 Å². The zero-order chi connectivity index (χ0) is 14.8. The number of methoxy groups -OCH3 is 1. The van der Waals surface area contributed by atoms with Crippen LogP contribution in [0.15, 0.2) is 18.2 Å². The Balaban J connectivity index is 2.36. The van der Waals surface area contributed by atoms with E-state index in [1.807, 2.05) is 4.90 Å². The number of hydrogen-bond donors (Lipinski definition) is 0. The average molecular weight is 284 g/mol. The minimum atomic E-state index is -4.52. The number of ether oxygens (including phenoxy) is 1. The van der Waals surface area contributed by atoms with Gasteiger partial charge in [-0.3, -0.25) is 0 Å². The summed E-state index contributed by atoms with van der Waals surface area (Å²) in [6.07, 6.45) is -2.69. The van der Waals surface area contributed by atoms with Gasteiger partial charge in [-0.05, 0) is 31.0 Å².